The molecule has 0 spiro atoms. The normalized spacial score (nSPS) is 12.9. The van der Waals surface area contributed by atoms with E-state index in [2.05, 4.69) is 5.32 Å². The molecule has 0 fully saturated rings. The molecule has 0 aliphatic carbocycles. The minimum atomic E-state index is -5.26. The van der Waals surface area contributed by atoms with Gasteiger partial charge in [0.05, 0.1) is 0 Å². The zero-order valence-electron chi connectivity index (χ0n) is 14.5. The summed E-state index contributed by atoms with van der Waals surface area (Å²) in [5.74, 6) is -1.53. The van der Waals surface area contributed by atoms with Crippen molar-refractivity contribution in [3.05, 3.63) is 53.1 Å². The van der Waals surface area contributed by atoms with E-state index in [-0.39, 0.29) is 22.2 Å². The molecule has 0 radical (unpaired) electrons. The third-order valence-electron chi connectivity index (χ3n) is 3.61. The number of hydrogen-bond acceptors (Lipinski definition) is 5. The molecule has 0 aliphatic heterocycles. The van der Waals surface area contributed by atoms with Crippen molar-refractivity contribution in [1.29, 1.82) is 0 Å². The van der Waals surface area contributed by atoms with Gasteiger partial charge in [0.2, 0.25) is 0 Å². The Morgan fingerprint density at radius 2 is 1.93 bits per heavy atom. The number of nitrogens with one attached hydrogen (secondary N) is 1. The number of amides is 1. The number of carbonyl (C=O) groups excluding carboxylic acids is 2. The topological polar surface area (TPSA) is 113 Å². The van der Waals surface area contributed by atoms with Gasteiger partial charge in [-0.05, 0) is 0 Å². The van der Waals surface area contributed by atoms with E-state index >= 15 is 0 Å². The number of aromatic hydroxyl groups is 1. The second-order valence-corrected chi connectivity index (χ2v) is 9.80. The van der Waals surface area contributed by atoms with Crippen LogP contribution in [0.5, 0.6) is 5.75 Å². The Labute approximate surface area is 164 Å². The molecule has 2 aromatic rings. The number of phenols is 1. The summed E-state index contributed by atoms with van der Waals surface area (Å²) in [6.07, 6.45) is 0.852. The van der Waals surface area contributed by atoms with Crippen LogP contribution in [0.25, 0.3) is 0 Å². The molecule has 0 aromatic heterocycles. The van der Waals surface area contributed by atoms with E-state index in [0.717, 1.165) is 17.7 Å². The molecular formula is C18H19AsClNO6. The zero-order valence-corrected chi connectivity index (χ0v) is 17.1. The van der Waals surface area contributed by atoms with Gasteiger partial charge in [0.15, 0.2) is 0 Å². The summed E-state index contributed by atoms with van der Waals surface area (Å²) in [5.41, 5.74) is 0.798. The van der Waals surface area contributed by atoms with Gasteiger partial charge in [0.25, 0.3) is 0 Å². The molecule has 1 amide bonds. The van der Waals surface area contributed by atoms with Crippen LogP contribution in [-0.4, -0.2) is 35.3 Å². The molecule has 2 aromatic carbocycles. The minimum absolute atomic E-state index is 0.0648. The molecule has 144 valence electrons. The Bertz CT molecular complexity index is 901. The third-order valence-corrected chi connectivity index (χ3v) is 7.02. The Morgan fingerprint density at radius 1 is 1.22 bits per heavy atom. The van der Waals surface area contributed by atoms with Crippen molar-refractivity contribution in [2.24, 2.45) is 0 Å². The van der Waals surface area contributed by atoms with Crippen LogP contribution in [-0.2, 0) is 23.5 Å². The summed E-state index contributed by atoms with van der Waals surface area (Å²) < 4.78 is 27.4. The van der Waals surface area contributed by atoms with E-state index in [0.29, 0.717) is 17.9 Å². The van der Waals surface area contributed by atoms with E-state index in [9.17, 15) is 22.5 Å². The predicted molar refractivity (Wildman–Crippen MR) is 101 cm³/mol. The molecule has 27 heavy (non-hydrogen) atoms. The molecule has 2 rings (SSSR count). The maximum atomic E-state index is 12.5. The van der Waals surface area contributed by atoms with Crippen LogP contribution >= 0.6 is 11.6 Å². The number of benzene rings is 2. The van der Waals surface area contributed by atoms with Gasteiger partial charge in [-0.3, -0.25) is 0 Å². The molecule has 9 heteroatoms. The van der Waals surface area contributed by atoms with E-state index in [4.69, 9.17) is 15.3 Å². The fourth-order valence-electron chi connectivity index (χ4n) is 2.42. The monoisotopic (exact) mass is 455 g/mol. The van der Waals surface area contributed by atoms with Gasteiger partial charge in [-0.1, -0.05) is 0 Å². The van der Waals surface area contributed by atoms with Crippen molar-refractivity contribution < 1.29 is 26.3 Å². The van der Waals surface area contributed by atoms with Crippen LogP contribution in [0.15, 0.2) is 42.5 Å². The first-order valence-electron chi connectivity index (χ1n) is 8.09. The first kappa shape index (κ1) is 21.1. The van der Waals surface area contributed by atoms with Gasteiger partial charge in [-0.15, -0.1) is 0 Å². The van der Waals surface area contributed by atoms with E-state index in [1.165, 1.54) is 13.0 Å². The summed E-state index contributed by atoms with van der Waals surface area (Å²) in [6.45, 7) is 1.21. The predicted octanol–water partition coefficient (Wildman–Crippen LogP) is 2.14. The van der Waals surface area contributed by atoms with Gasteiger partial charge in [-0.2, -0.15) is 0 Å². The number of aryl methyl sites for hydroxylation is 1. The Kier molecular flexibility index (Phi) is 7.13. The standard InChI is InChI=1S/C18H19AsClNO6/c1-12(22)21-17-11-14(23)9-10-15(17)19(25,26)27-18(24)8-4-6-13-5-2-3-7-16(13)20/h2-3,5,7,9-11,23H,4,6,8H2,1H3,(H,21,22)(H,25,26). The average Bonchev–Trinajstić information content (AvgIpc) is 2.55. The first-order chi connectivity index (χ1) is 12.7. The fourth-order valence-corrected chi connectivity index (χ4v) is 5.07. The van der Waals surface area contributed by atoms with Crippen LogP contribution in [0.2, 0.25) is 5.02 Å². The number of halogens is 1. The summed E-state index contributed by atoms with van der Waals surface area (Å²) in [6, 6.07) is 10.7. The second kappa shape index (κ2) is 9.13. The molecule has 0 aliphatic rings. The molecule has 0 heterocycles. The second-order valence-electron chi connectivity index (χ2n) is 5.81. The summed E-state index contributed by atoms with van der Waals surface area (Å²) >= 11 is 0.784. The molecule has 0 saturated carbocycles. The summed E-state index contributed by atoms with van der Waals surface area (Å²) in [7, 11) is 0. The third kappa shape index (κ3) is 6.17. The quantitative estimate of drug-likeness (QED) is 0.551. The summed E-state index contributed by atoms with van der Waals surface area (Å²) in [5, 5.41) is 12.4. The first-order valence-corrected chi connectivity index (χ1v) is 11.8. The fraction of sp³-hybridized carbons (Fsp3) is 0.222. The number of rotatable bonds is 7. The van der Waals surface area contributed by atoms with Crippen LogP contribution in [0.3, 0.4) is 0 Å². The van der Waals surface area contributed by atoms with Crippen LogP contribution in [0, 0.1) is 0 Å². The molecule has 7 nitrogen and oxygen atoms in total. The van der Waals surface area contributed by atoms with E-state index in [1.807, 2.05) is 12.1 Å². The number of carbonyl (C=O) groups is 2. The van der Waals surface area contributed by atoms with Gasteiger partial charge >= 0.3 is 164 Å². The number of anilines is 1. The molecular weight excluding hydrogens is 437 g/mol. The maximum absolute atomic E-state index is 12.5. The van der Waals surface area contributed by atoms with E-state index < -0.39 is 26.0 Å². The van der Waals surface area contributed by atoms with Crippen LogP contribution in [0.4, 0.5) is 5.69 Å². The van der Waals surface area contributed by atoms with Crippen molar-refractivity contribution in [2.75, 3.05) is 5.32 Å². The Hall–Kier alpha value is -2.21. The van der Waals surface area contributed by atoms with E-state index in [1.54, 1.807) is 12.1 Å². The van der Waals surface area contributed by atoms with Crippen molar-refractivity contribution in [3.8, 4) is 5.75 Å². The number of hydrogen-bond donors (Lipinski definition) is 3. The van der Waals surface area contributed by atoms with Crippen molar-refractivity contribution in [1.82, 2.24) is 0 Å². The zero-order chi connectivity index (χ0) is 20.0. The molecule has 3 N–H and O–H groups in total. The molecule has 0 bridgehead atoms. The SMILES string of the molecule is CC(=O)Nc1cc(O)ccc1[As](=O)(O)OC(=O)CCCc1ccccc1Cl. The Morgan fingerprint density at radius 3 is 2.59 bits per heavy atom. The van der Waals surface area contributed by atoms with Crippen molar-refractivity contribution >= 4 is 47.7 Å². The Balaban J connectivity index is 2.03. The summed E-state index contributed by atoms with van der Waals surface area (Å²) in [4.78, 5) is 23.3. The van der Waals surface area contributed by atoms with Crippen molar-refractivity contribution in [3.63, 3.8) is 0 Å². The molecule has 1 atom stereocenters. The van der Waals surface area contributed by atoms with Crippen molar-refractivity contribution in [2.45, 2.75) is 26.2 Å². The van der Waals surface area contributed by atoms with Gasteiger partial charge in [0, 0.05) is 0 Å². The van der Waals surface area contributed by atoms with Gasteiger partial charge < -0.3 is 0 Å². The van der Waals surface area contributed by atoms with Crippen LogP contribution in [0.1, 0.15) is 25.3 Å². The van der Waals surface area contributed by atoms with Crippen LogP contribution < -0.4 is 9.67 Å². The number of phenolic OH excluding ortho intramolecular Hbond substituents is 1. The molecule has 1 unspecified atom stereocenters. The average molecular weight is 456 g/mol. The molecule has 0 saturated heterocycles. The van der Waals surface area contributed by atoms with Gasteiger partial charge in [0.1, 0.15) is 0 Å². The van der Waals surface area contributed by atoms with Gasteiger partial charge in [-0.25, -0.2) is 0 Å².